The van der Waals surface area contributed by atoms with Gasteiger partial charge in [0, 0.05) is 18.0 Å². The Morgan fingerprint density at radius 1 is 1.12 bits per heavy atom. The van der Waals surface area contributed by atoms with E-state index in [0.717, 1.165) is 11.8 Å². The third-order valence-electron chi connectivity index (χ3n) is 3.32. The van der Waals surface area contributed by atoms with Crippen LogP contribution in [0.5, 0.6) is 0 Å². The molecular formula is C16H20N4O4. The van der Waals surface area contributed by atoms with Crippen LogP contribution in [0.15, 0.2) is 36.5 Å². The molecule has 0 unspecified atom stereocenters. The molecule has 0 saturated heterocycles. The molecule has 0 saturated carbocycles. The maximum absolute atomic E-state index is 11.8. The number of hydrogen-bond donors (Lipinski definition) is 4. The first-order chi connectivity index (χ1) is 11.7. The molecule has 0 atom stereocenters. The zero-order chi connectivity index (χ0) is 17.2. The molecule has 0 aliphatic heterocycles. The second-order valence-corrected chi connectivity index (χ2v) is 5.13. The normalized spacial score (nSPS) is 10.4. The predicted octanol–water partition coefficient (Wildman–Crippen LogP) is 2.35. The number of fused-ring (bicyclic) bond motifs is 1. The van der Waals surface area contributed by atoms with Crippen molar-refractivity contribution in [2.45, 2.75) is 25.7 Å². The molecule has 2 aromatic rings. The van der Waals surface area contributed by atoms with Crippen LogP contribution in [-0.2, 0) is 9.63 Å². The van der Waals surface area contributed by atoms with Crippen molar-refractivity contribution in [2.75, 3.05) is 11.9 Å². The standard InChI is InChI=1S/C16H20N4O4/c21-14(19-23)9-2-1-3-11-24-20-16(22)18-13-8-4-6-12-7-5-10-17-15(12)13/h4-8,10,23H,1-3,9,11H2,(H,19,21)(H2,18,20,22). The first-order valence-electron chi connectivity index (χ1n) is 7.66. The number of para-hydroxylation sites is 1. The van der Waals surface area contributed by atoms with E-state index in [9.17, 15) is 9.59 Å². The molecule has 0 fully saturated rings. The Balaban J connectivity index is 1.67. The second kappa shape index (κ2) is 9.43. The Morgan fingerprint density at radius 3 is 2.79 bits per heavy atom. The third kappa shape index (κ3) is 5.49. The lowest BCUT2D eigenvalue weighted by Crippen LogP contribution is -2.29. The highest BCUT2D eigenvalue weighted by molar-refractivity contribution is 5.99. The van der Waals surface area contributed by atoms with Crippen LogP contribution in [0, 0.1) is 0 Å². The highest BCUT2D eigenvalue weighted by atomic mass is 16.7. The minimum atomic E-state index is -0.479. The minimum absolute atomic E-state index is 0.262. The van der Waals surface area contributed by atoms with Crippen molar-refractivity contribution in [3.8, 4) is 0 Å². The Kier molecular flexibility index (Phi) is 6.93. The van der Waals surface area contributed by atoms with Gasteiger partial charge in [-0.15, -0.1) is 0 Å². The number of urea groups is 1. The number of anilines is 1. The summed E-state index contributed by atoms with van der Waals surface area (Å²) in [5.41, 5.74) is 5.19. The monoisotopic (exact) mass is 332 g/mol. The van der Waals surface area contributed by atoms with Gasteiger partial charge in [-0.1, -0.05) is 24.6 Å². The van der Waals surface area contributed by atoms with Gasteiger partial charge >= 0.3 is 6.03 Å². The van der Waals surface area contributed by atoms with Crippen molar-refractivity contribution in [3.63, 3.8) is 0 Å². The van der Waals surface area contributed by atoms with Gasteiger partial charge in [0.15, 0.2) is 0 Å². The van der Waals surface area contributed by atoms with Crippen LogP contribution in [0.1, 0.15) is 25.7 Å². The number of hydroxylamine groups is 2. The second-order valence-electron chi connectivity index (χ2n) is 5.13. The van der Waals surface area contributed by atoms with E-state index in [1.807, 2.05) is 24.3 Å². The lowest BCUT2D eigenvalue weighted by molar-refractivity contribution is -0.129. The van der Waals surface area contributed by atoms with E-state index in [1.165, 1.54) is 0 Å². The van der Waals surface area contributed by atoms with Crippen molar-refractivity contribution in [3.05, 3.63) is 36.5 Å². The van der Waals surface area contributed by atoms with Crippen molar-refractivity contribution < 1.29 is 19.6 Å². The summed E-state index contributed by atoms with van der Waals surface area (Å²) in [7, 11) is 0. The maximum Gasteiger partial charge on any atom is 0.343 e. The molecule has 3 amide bonds. The summed E-state index contributed by atoms with van der Waals surface area (Å²) in [6, 6.07) is 8.79. The van der Waals surface area contributed by atoms with Crippen molar-refractivity contribution >= 4 is 28.5 Å². The molecule has 1 aromatic carbocycles. The first-order valence-corrected chi connectivity index (χ1v) is 7.66. The molecule has 0 radical (unpaired) electrons. The molecule has 128 valence electrons. The largest absolute Gasteiger partial charge is 0.343 e. The van der Waals surface area contributed by atoms with Crippen molar-refractivity contribution in [1.29, 1.82) is 0 Å². The van der Waals surface area contributed by atoms with Crippen LogP contribution in [0.4, 0.5) is 10.5 Å². The number of carbonyl (C=O) groups is 2. The maximum atomic E-state index is 11.8. The number of rotatable bonds is 8. The SMILES string of the molecule is O=C(CCCCCONC(=O)Nc1cccc2cccnc12)NO. The summed E-state index contributed by atoms with van der Waals surface area (Å²) in [6.45, 7) is 0.335. The molecule has 1 heterocycles. The number of nitrogens with one attached hydrogen (secondary N) is 3. The number of benzene rings is 1. The zero-order valence-corrected chi connectivity index (χ0v) is 13.1. The fraction of sp³-hybridized carbons (Fsp3) is 0.312. The third-order valence-corrected chi connectivity index (χ3v) is 3.32. The Bertz CT molecular complexity index is 687. The molecule has 1 aromatic heterocycles. The number of hydrogen-bond acceptors (Lipinski definition) is 5. The van der Waals surface area contributed by atoms with E-state index in [0.29, 0.717) is 30.7 Å². The van der Waals surface area contributed by atoms with E-state index in [-0.39, 0.29) is 6.42 Å². The summed E-state index contributed by atoms with van der Waals surface area (Å²) in [5, 5.41) is 12.0. The number of unbranched alkanes of at least 4 members (excludes halogenated alkanes) is 2. The fourth-order valence-corrected chi connectivity index (χ4v) is 2.16. The molecule has 0 bridgehead atoms. The van der Waals surface area contributed by atoms with Crippen LogP contribution < -0.4 is 16.3 Å². The predicted molar refractivity (Wildman–Crippen MR) is 88.2 cm³/mol. The quantitative estimate of drug-likeness (QED) is 0.337. The topological polar surface area (TPSA) is 113 Å². The van der Waals surface area contributed by atoms with Crippen LogP contribution in [0.2, 0.25) is 0 Å². The van der Waals surface area contributed by atoms with E-state index in [4.69, 9.17) is 10.0 Å². The van der Waals surface area contributed by atoms with E-state index < -0.39 is 11.9 Å². The lowest BCUT2D eigenvalue weighted by atomic mass is 10.2. The lowest BCUT2D eigenvalue weighted by Gasteiger charge is -2.09. The Labute approximate surface area is 139 Å². The number of pyridine rings is 1. The van der Waals surface area contributed by atoms with Gasteiger partial charge in [-0.2, -0.15) is 0 Å². The highest BCUT2D eigenvalue weighted by Gasteiger charge is 2.06. The summed E-state index contributed by atoms with van der Waals surface area (Å²) in [6.07, 6.45) is 4.01. The van der Waals surface area contributed by atoms with E-state index >= 15 is 0 Å². The van der Waals surface area contributed by atoms with Gasteiger partial charge in [0.2, 0.25) is 5.91 Å². The first kappa shape index (κ1) is 17.6. The number of carbonyl (C=O) groups excluding carboxylic acids is 2. The van der Waals surface area contributed by atoms with Gasteiger partial charge in [0.05, 0.1) is 17.8 Å². The summed E-state index contributed by atoms with van der Waals surface area (Å²) < 4.78 is 0. The molecule has 2 rings (SSSR count). The van der Waals surface area contributed by atoms with Crippen molar-refractivity contribution in [1.82, 2.24) is 15.9 Å². The van der Waals surface area contributed by atoms with E-state index in [1.54, 1.807) is 17.7 Å². The molecule has 0 aliphatic rings. The van der Waals surface area contributed by atoms with Gasteiger partial charge < -0.3 is 5.32 Å². The summed E-state index contributed by atoms with van der Waals surface area (Å²) >= 11 is 0. The average molecular weight is 332 g/mol. The molecule has 8 nitrogen and oxygen atoms in total. The molecule has 24 heavy (non-hydrogen) atoms. The average Bonchev–Trinajstić information content (AvgIpc) is 2.61. The van der Waals surface area contributed by atoms with E-state index in [2.05, 4.69) is 15.8 Å². The van der Waals surface area contributed by atoms with Gasteiger partial charge in [0.1, 0.15) is 0 Å². The fourth-order valence-electron chi connectivity index (χ4n) is 2.16. The Morgan fingerprint density at radius 2 is 1.96 bits per heavy atom. The molecule has 4 N–H and O–H groups in total. The van der Waals surface area contributed by atoms with Gasteiger partial charge in [-0.25, -0.2) is 15.8 Å². The van der Waals surface area contributed by atoms with Gasteiger partial charge in [-0.05, 0) is 25.0 Å². The number of nitrogens with zero attached hydrogens (tertiary/aromatic N) is 1. The highest BCUT2D eigenvalue weighted by Crippen LogP contribution is 2.20. The van der Waals surface area contributed by atoms with Crippen LogP contribution in [0.25, 0.3) is 10.9 Å². The van der Waals surface area contributed by atoms with Crippen LogP contribution in [-0.4, -0.2) is 28.7 Å². The van der Waals surface area contributed by atoms with Crippen LogP contribution >= 0.6 is 0 Å². The minimum Gasteiger partial charge on any atom is -0.304 e. The molecule has 0 spiro atoms. The summed E-state index contributed by atoms with van der Waals surface area (Å²) in [4.78, 5) is 31.9. The van der Waals surface area contributed by atoms with Gasteiger partial charge in [-0.3, -0.25) is 19.8 Å². The number of amides is 3. The number of aromatic nitrogens is 1. The van der Waals surface area contributed by atoms with Gasteiger partial charge in [0.25, 0.3) is 0 Å². The summed E-state index contributed by atoms with van der Waals surface area (Å²) in [5.74, 6) is -0.405. The molecule has 0 aliphatic carbocycles. The zero-order valence-electron chi connectivity index (χ0n) is 13.1. The smallest absolute Gasteiger partial charge is 0.304 e. The Hall–Kier alpha value is -2.71. The van der Waals surface area contributed by atoms with Crippen molar-refractivity contribution in [2.24, 2.45) is 0 Å². The van der Waals surface area contributed by atoms with Crippen LogP contribution in [0.3, 0.4) is 0 Å². The molecule has 8 heteroatoms. The molecular weight excluding hydrogens is 312 g/mol.